The lowest BCUT2D eigenvalue weighted by Gasteiger charge is -2.09. The SMILES string of the molecule is CCOC(=O)c1cccc(Nc2ncc(C)cc2Br)c1. The van der Waals surface area contributed by atoms with Gasteiger partial charge in [0.25, 0.3) is 0 Å². The van der Waals surface area contributed by atoms with Crippen molar-refractivity contribution in [1.29, 1.82) is 0 Å². The lowest BCUT2D eigenvalue weighted by Crippen LogP contribution is -2.05. The van der Waals surface area contributed by atoms with Gasteiger partial charge in [-0.15, -0.1) is 0 Å². The second-order valence-corrected chi connectivity index (χ2v) is 5.12. The van der Waals surface area contributed by atoms with Crippen molar-refractivity contribution in [2.24, 2.45) is 0 Å². The number of aryl methyl sites for hydroxylation is 1. The molecule has 1 heterocycles. The van der Waals surface area contributed by atoms with Gasteiger partial charge >= 0.3 is 5.97 Å². The molecule has 1 aromatic carbocycles. The van der Waals surface area contributed by atoms with Crippen LogP contribution in [0.1, 0.15) is 22.8 Å². The van der Waals surface area contributed by atoms with Crippen LogP contribution in [0.4, 0.5) is 11.5 Å². The molecule has 0 saturated heterocycles. The van der Waals surface area contributed by atoms with Crippen molar-refractivity contribution in [3.63, 3.8) is 0 Å². The van der Waals surface area contributed by atoms with E-state index in [9.17, 15) is 4.79 Å². The van der Waals surface area contributed by atoms with Gasteiger partial charge in [-0.2, -0.15) is 0 Å². The van der Waals surface area contributed by atoms with Crippen molar-refractivity contribution < 1.29 is 9.53 Å². The van der Waals surface area contributed by atoms with Crippen molar-refractivity contribution in [3.05, 3.63) is 52.1 Å². The highest BCUT2D eigenvalue weighted by molar-refractivity contribution is 9.10. The Bertz CT molecular complexity index is 629. The molecule has 20 heavy (non-hydrogen) atoms. The summed E-state index contributed by atoms with van der Waals surface area (Å²) in [6.45, 7) is 4.12. The fraction of sp³-hybridized carbons (Fsp3) is 0.200. The molecule has 1 aromatic heterocycles. The molecular weight excluding hydrogens is 320 g/mol. The Balaban J connectivity index is 2.21. The van der Waals surface area contributed by atoms with Crippen molar-refractivity contribution in [2.45, 2.75) is 13.8 Å². The summed E-state index contributed by atoms with van der Waals surface area (Å²) in [5.41, 5.74) is 2.37. The van der Waals surface area contributed by atoms with Crippen LogP contribution in [0.25, 0.3) is 0 Å². The molecule has 0 amide bonds. The van der Waals surface area contributed by atoms with Gasteiger partial charge in [-0.3, -0.25) is 0 Å². The van der Waals surface area contributed by atoms with Gasteiger partial charge < -0.3 is 10.1 Å². The summed E-state index contributed by atoms with van der Waals surface area (Å²) in [5.74, 6) is 0.378. The molecule has 0 saturated carbocycles. The maximum Gasteiger partial charge on any atom is 0.338 e. The smallest absolute Gasteiger partial charge is 0.338 e. The molecule has 0 unspecified atom stereocenters. The van der Waals surface area contributed by atoms with Gasteiger partial charge in [0.2, 0.25) is 0 Å². The zero-order chi connectivity index (χ0) is 14.5. The molecule has 0 aliphatic heterocycles. The number of hydrogen-bond donors (Lipinski definition) is 1. The van der Waals surface area contributed by atoms with E-state index < -0.39 is 0 Å². The van der Waals surface area contributed by atoms with Gasteiger partial charge in [0.05, 0.1) is 16.6 Å². The standard InChI is InChI=1S/C15H15BrN2O2/c1-3-20-15(19)11-5-4-6-12(8-11)18-14-13(16)7-10(2)9-17-14/h4-9H,3H2,1-2H3,(H,17,18). The number of anilines is 2. The maximum absolute atomic E-state index is 11.7. The largest absolute Gasteiger partial charge is 0.462 e. The van der Waals surface area contributed by atoms with Gasteiger partial charge in [0.1, 0.15) is 5.82 Å². The van der Waals surface area contributed by atoms with Crippen molar-refractivity contribution >= 4 is 33.4 Å². The van der Waals surface area contributed by atoms with E-state index in [1.165, 1.54) is 0 Å². The Morgan fingerprint density at radius 1 is 1.40 bits per heavy atom. The highest BCUT2D eigenvalue weighted by atomic mass is 79.9. The topological polar surface area (TPSA) is 51.2 Å². The summed E-state index contributed by atoms with van der Waals surface area (Å²) >= 11 is 3.46. The molecule has 0 atom stereocenters. The third kappa shape index (κ3) is 3.57. The number of carbonyl (C=O) groups excluding carboxylic acids is 1. The number of pyridine rings is 1. The first kappa shape index (κ1) is 14.5. The van der Waals surface area contributed by atoms with Crippen molar-refractivity contribution in [2.75, 3.05) is 11.9 Å². The molecule has 104 valence electrons. The number of benzene rings is 1. The monoisotopic (exact) mass is 334 g/mol. The van der Waals surface area contributed by atoms with Crippen LogP contribution < -0.4 is 5.32 Å². The molecule has 0 radical (unpaired) electrons. The van der Waals surface area contributed by atoms with E-state index in [1.807, 2.05) is 19.1 Å². The van der Waals surface area contributed by atoms with E-state index in [4.69, 9.17) is 4.74 Å². The summed E-state index contributed by atoms with van der Waals surface area (Å²) in [6.07, 6.45) is 1.78. The molecule has 0 spiro atoms. The number of esters is 1. The van der Waals surface area contributed by atoms with Crippen LogP contribution in [-0.4, -0.2) is 17.6 Å². The quantitative estimate of drug-likeness (QED) is 0.856. The molecule has 0 aliphatic carbocycles. The molecular formula is C15H15BrN2O2. The first-order chi connectivity index (χ1) is 9.60. The van der Waals surface area contributed by atoms with Crippen LogP contribution in [0.15, 0.2) is 41.0 Å². The van der Waals surface area contributed by atoms with Crippen LogP contribution in [0.2, 0.25) is 0 Å². The van der Waals surface area contributed by atoms with Crippen molar-refractivity contribution in [3.8, 4) is 0 Å². The minimum Gasteiger partial charge on any atom is -0.462 e. The number of aromatic nitrogens is 1. The lowest BCUT2D eigenvalue weighted by molar-refractivity contribution is 0.0526. The summed E-state index contributed by atoms with van der Waals surface area (Å²) in [5, 5.41) is 3.17. The number of nitrogens with zero attached hydrogens (tertiary/aromatic N) is 1. The third-order valence-electron chi connectivity index (χ3n) is 2.61. The number of nitrogens with one attached hydrogen (secondary N) is 1. The van der Waals surface area contributed by atoms with Gasteiger partial charge in [-0.05, 0) is 59.6 Å². The Morgan fingerprint density at radius 3 is 2.90 bits per heavy atom. The molecule has 2 rings (SSSR count). The van der Waals surface area contributed by atoms with E-state index >= 15 is 0 Å². The average Bonchev–Trinajstić information content (AvgIpc) is 2.43. The lowest BCUT2D eigenvalue weighted by atomic mass is 10.2. The van der Waals surface area contributed by atoms with Gasteiger partial charge in [-0.1, -0.05) is 6.07 Å². The first-order valence-corrected chi connectivity index (χ1v) is 7.06. The third-order valence-corrected chi connectivity index (χ3v) is 3.22. The zero-order valence-electron chi connectivity index (χ0n) is 11.3. The highest BCUT2D eigenvalue weighted by Gasteiger charge is 2.08. The minimum absolute atomic E-state index is 0.327. The first-order valence-electron chi connectivity index (χ1n) is 6.26. The Morgan fingerprint density at radius 2 is 2.20 bits per heavy atom. The predicted molar refractivity (Wildman–Crippen MR) is 82.4 cm³/mol. The number of ether oxygens (including phenoxy) is 1. The predicted octanol–water partition coefficient (Wildman–Crippen LogP) is 4.07. The normalized spacial score (nSPS) is 10.2. The Hall–Kier alpha value is -1.88. The number of hydrogen-bond acceptors (Lipinski definition) is 4. The minimum atomic E-state index is -0.327. The van der Waals surface area contributed by atoms with E-state index in [2.05, 4.69) is 26.2 Å². The van der Waals surface area contributed by atoms with Crippen LogP contribution in [0.3, 0.4) is 0 Å². The maximum atomic E-state index is 11.7. The number of rotatable bonds is 4. The zero-order valence-corrected chi connectivity index (χ0v) is 12.9. The fourth-order valence-electron chi connectivity index (χ4n) is 1.70. The second kappa shape index (κ2) is 6.52. The van der Waals surface area contributed by atoms with Gasteiger partial charge in [-0.25, -0.2) is 9.78 Å². The van der Waals surface area contributed by atoms with E-state index in [0.29, 0.717) is 18.0 Å². The number of halogens is 1. The molecule has 1 N–H and O–H groups in total. The second-order valence-electron chi connectivity index (χ2n) is 4.27. The summed E-state index contributed by atoms with van der Waals surface area (Å²) in [4.78, 5) is 16.0. The van der Waals surface area contributed by atoms with Crippen LogP contribution in [0.5, 0.6) is 0 Å². The summed E-state index contributed by atoms with van der Waals surface area (Å²) in [7, 11) is 0. The Labute approximate surface area is 126 Å². The molecule has 5 heteroatoms. The number of carbonyl (C=O) groups is 1. The molecule has 0 bridgehead atoms. The van der Waals surface area contributed by atoms with E-state index in [0.717, 1.165) is 15.7 Å². The summed E-state index contributed by atoms with van der Waals surface area (Å²) in [6, 6.07) is 9.12. The van der Waals surface area contributed by atoms with Crippen LogP contribution >= 0.6 is 15.9 Å². The molecule has 4 nitrogen and oxygen atoms in total. The van der Waals surface area contributed by atoms with E-state index in [-0.39, 0.29) is 5.97 Å². The molecule has 0 fully saturated rings. The average molecular weight is 335 g/mol. The molecule has 2 aromatic rings. The van der Waals surface area contributed by atoms with Crippen molar-refractivity contribution in [1.82, 2.24) is 4.98 Å². The van der Waals surface area contributed by atoms with Gasteiger partial charge in [0.15, 0.2) is 0 Å². The fourth-order valence-corrected chi connectivity index (χ4v) is 2.26. The molecule has 0 aliphatic rings. The summed E-state index contributed by atoms with van der Waals surface area (Å²) < 4.78 is 5.86. The Kier molecular flexibility index (Phi) is 4.74. The van der Waals surface area contributed by atoms with Crippen LogP contribution in [0, 0.1) is 6.92 Å². The van der Waals surface area contributed by atoms with Crippen LogP contribution in [-0.2, 0) is 4.74 Å². The van der Waals surface area contributed by atoms with E-state index in [1.54, 1.807) is 31.3 Å². The highest BCUT2D eigenvalue weighted by Crippen LogP contribution is 2.24. The van der Waals surface area contributed by atoms with Gasteiger partial charge in [0, 0.05) is 11.9 Å².